The number of carbonyl (C=O) groups excluding carboxylic acids is 1. The highest BCUT2D eigenvalue weighted by Crippen LogP contribution is 2.34. The van der Waals surface area contributed by atoms with Crippen molar-refractivity contribution in [3.8, 4) is 11.3 Å². The van der Waals surface area contributed by atoms with Crippen LogP contribution in [0, 0.1) is 0 Å². The van der Waals surface area contributed by atoms with Crippen molar-refractivity contribution in [3.05, 3.63) is 72.0 Å². The first-order valence-electron chi connectivity index (χ1n) is 8.20. The number of para-hydroxylation sites is 1. The van der Waals surface area contributed by atoms with Gasteiger partial charge in [0.15, 0.2) is 6.17 Å². The van der Waals surface area contributed by atoms with Crippen LogP contribution in [0.2, 0.25) is 0 Å². The van der Waals surface area contributed by atoms with Gasteiger partial charge >= 0.3 is 0 Å². The molecule has 2 heterocycles. The summed E-state index contributed by atoms with van der Waals surface area (Å²) in [6.07, 6.45) is -0.440. The van der Waals surface area contributed by atoms with Crippen LogP contribution in [0.4, 0.5) is 5.69 Å². The minimum Gasteiger partial charge on any atom is -0.457 e. The average Bonchev–Trinajstić information content (AvgIpc) is 3.14. The summed E-state index contributed by atoms with van der Waals surface area (Å²) in [5.41, 5.74) is 2.14. The smallest absolute Gasteiger partial charge is 0.255 e. The van der Waals surface area contributed by atoms with Gasteiger partial charge in [-0.1, -0.05) is 12.1 Å². The monoisotopic (exact) mass is 383 g/mol. The second-order valence-corrected chi connectivity index (χ2v) is 7.84. The number of amides is 1. The molecule has 7 nitrogen and oxygen atoms in total. The third-order valence-electron chi connectivity index (χ3n) is 4.55. The van der Waals surface area contributed by atoms with Crippen molar-refractivity contribution in [1.82, 2.24) is 5.32 Å². The van der Waals surface area contributed by atoms with Crippen molar-refractivity contribution in [2.45, 2.75) is 11.1 Å². The molecule has 0 bridgehead atoms. The molecule has 8 heteroatoms. The van der Waals surface area contributed by atoms with Crippen molar-refractivity contribution in [2.75, 3.05) is 11.9 Å². The van der Waals surface area contributed by atoms with Gasteiger partial charge in [-0.05, 0) is 48.5 Å². The predicted molar refractivity (Wildman–Crippen MR) is 101 cm³/mol. The van der Waals surface area contributed by atoms with Gasteiger partial charge in [-0.3, -0.25) is 4.79 Å². The molecule has 3 N–H and O–H groups in total. The van der Waals surface area contributed by atoms with E-state index in [0.29, 0.717) is 22.6 Å². The van der Waals surface area contributed by atoms with Gasteiger partial charge in [-0.2, -0.15) is 0 Å². The Balaban J connectivity index is 1.64. The molecule has 1 amide bonds. The molecule has 0 saturated heterocycles. The Labute approximate surface area is 156 Å². The molecular formula is C19H17N3O4S. The number of sulfonamides is 1. The fourth-order valence-electron chi connectivity index (χ4n) is 3.14. The minimum atomic E-state index is -3.74. The number of anilines is 1. The van der Waals surface area contributed by atoms with Crippen LogP contribution >= 0.6 is 0 Å². The molecule has 0 radical (unpaired) electrons. The first-order chi connectivity index (χ1) is 12.8. The molecule has 1 atom stereocenters. The largest absolute Gasteiger partial charge is 0.457 e. The molecule has 1 aliphatic heterocycles. The number of carbonyl (C=O) groups is 1. The number of hydrogen-bond acceptors (Lipinski definition) is 5. The Morgan fingerprint density at radius 2 is 1.74 bits per heavy atom. The third-order valence-corrected chi connectivity index (χ3v) is 5.48. The number of nitrogens with two attached hydrogens (primary N) is 1. The lowest BCUT2D eigenvalue weighted by Crippen LogP contribution is -2.44. The molecule has 4 rings (SSSR count). The van der Waals surface area contributed by atoms with E-state index in [4.69, 9.17) is 9.56 Å². The van der Waals surface area contributed by atoms with Crippen molar-refractivity contribution < 1.29 is 17.6 Å². The van der Waals surface area contributed by atoms with E-state index >= 15 is 0 Å². The van der Waals surface area contributed by atoms with Crippen LogP contribution in [-0.2, 0) is 10.0 Å². The Morgan fingerprint density at radius 1 is 1.04 bits per heavy atom. The van der Waals surface area contributed by atoms with E-state index in [1.54, 1.807) is 30.3 Å². The van der Waals surface area contributed by atoms with E-state index in [1.165, 1.54) is 12.1 Å². The van der Waals surface area contributed by atoms with Crippen LogP contribution in [0.3, 0.4) is 0 Å². The molecule has 0 spiro atoms. The Kier molecular flexibility index (Phi) is 4.01. The fourth-order valence-corrected chi connectivity index (χ4v) is 3.65. The Morgan fingerprint density at radius 3 is 2.44 bits per heavy atom. The number of primary sulfonamides is 1. The summed E-state index contributed by atoms with van der Waals surface area (Å²) in [6, 6.07) is 17.0. The third kappa shape index (κ3) is 3.09. The maximum atomic E-state index is 12.4. The first kappa shape index (κ1) is 17.3. The average molecular weight is 383 g/mol. The van der Waals surface area contributed by atoms with Gasteiger partial charge in [0, 0.05) is 12.6 Å². The van der Waals surface area contributed by atoms with Gasteiger partial charge in [0.2, 0.25) is 10.0 Å². The lowest BCUT2D eigenvalue weighted by Gasteiger charge is -2.34. The highest BCUT2D eigenvalue weighted by molar-refractivity contribution is 7.89. The first-order valence-corrected chi connectivity index (χ1v) is 9.75. The zero-order valence-corrected chi connectivity index (χ0v) is 15.2. The molecular weight excluding hydrogens is 366 g/mol. The van der Waals surface area contributed by atoms with Crippen molar-refractivity contribution in [3.63, 3.8) is 0 Å². The number of nitrogens with zero attached hydrogens (tertiary/aromatic N) is 1. The number of nitrogens with one attached hydrogen (secondary N) is 1. The van der Waals surface area contributed by atoms with Crippen LogP contribution in [0.15, 0.2) is 70.0 Å². The topological polar surface area (TPSA) is 106 Å². The van der Waals surface area contributed by atoms with E-state index in [9.17, 15) is 13.2 Å². The van der Waals surface area contributed by atoms with Crippen LogP contribution in [0.5, 0.6) is 0 Å². The van der Waals surface area contributed by atoms with Crippen molar-refractivity contribution in [2.24, 2.45) is 5.14 Å². The molecule has 0 fully saturated rings. The molecule has 1 aromatic heterocycles. The van der Waals surface area contributed by atoms with Gasteiger partial charge in [0.1, 0.15) is 11.5 Å². The van der Waals surface area contributed by atoms with Gasteiger partial charge < -0.3 is 14.6 Å². The van der Waals surface area contributed by atoms with E-state index in [0.717, 1.165) is 5.69 Å². The second-order valence-electron chi connectivity index (χ2n) is 6.28. The van der Waals surface area contributed by atoms with Crippen molar-refractivity contribution >= 4 is 21.6 Å². The number of furan rings is 1. The normalized spacial score (nSPS) is 16.7. The summed E-state index contributed by atoms with van der Waals surface area (Å²) in [5, 5.41) is 8.05. The number of benzene rings is 2. The molecule has 1 unspecified atom stereocenters. The van der Waals surface area contributed by atoms with Crippen LogP contribution in [0.1, 0.15) is 22.3 Å². The maximum absolute atomic E-state index is 12.4. The highest BCUT2D eigenvalue weighted by atomic mass is 32.2. The molecule has 2 aromatic carbocycles. The van der Waals surface area contributed by atoms with Gasteiger partial charge in [0.25, 0.3) is 5.91 Å². The minimum absolute atomic E-state index is 0.0360. The van der Waals surface area contributed by atoms with E-state index < -0.39 is 16.2 Å². The molecule has 138 valence electrons. The summed E-state index contributed by atoms with van der Waals surface area (Å²) in [5.74, 6) is 0.975. The summed E-state index contributed by atoms with van der Waals surface area (Å²) in [4.78, 5) is 14.3. The van der Waals surface area contributed by atoms with E-state index in [-0.39, 0.29) is 10.8 Å². The molecule has 3 aromatic rings. The molecule has 1 aliphatic rings. The number of rotatable bonds is 3. The predicted octanol–water partition coefficient (Wildman–Crippen LogP) is 2.47. The summed E-state index contributed by atoms with van der Waals surface area (Å²) in [6.45, 7) is 0. The maximum Gasteiger partial charge on any atom is 0.255 e. The van der Waals surface area contributed by atoms with Gasteiger partial charge in [-0.15, -0.1) is 0 Å². The summed E-state index contributed by atoms with van der Waals surface area (Å²) < 4.78 is 28.7. The van der Waals surface area contributed by atoms with E-state index in [1.807, 2.05) is 30.1 Å². The zero-order valence-electron chi connectivity index (χ0n) is 14.4. The fraction of sp³-hybridized carbons (Fsp3) is 0.105. The molecule has 27 heavy (non-hydrogen) atoms. The Hall–Kier alpha value is -3.10. The highest BCUT2D eigenvalue weighted by Gasteiger charge is 2.31. The van der Waals surface area contributed by atoms with Crippen LogP contribution in [0.25, 0.3) is 11.3 Å². The van der Waals surface area contributed by atoms with Crippen LogP contribution in [-0.4, -0.2) is 21.4 Å². The molecule has 0 saturated carbocycles. The van der Waals surface area contributed by atoms with Gasteiger partial charge in [-0.25, -0.2) is 13.6 Å². The number of hydrogen-bond donors (Lipinski definition) is 2. The SMILES string of the molecule is CN1c2ccccc2C(=O)NC1c1ccc(-c2ccc(S(N)(=O)=O)cc2)o1. The zero-order chi connectivity index (χ0) is 19.2. The lowest BCUT2D eigenvalue weighted by molar-refractivity contribution is 0.0922. The quantitative estimate of drug-likeness (QED) is 0.723. The van der Waals surface area contributed by atoms with Crippen molar-refractivity contribution in [1.29, 1.82) is 0 Å². The van der Waals surface area contributed by atoms with E-state index in [2.05, 4.69) is 5.32 Å². The standard InChI is InChI=1S/C19H17N3O4S/c1-22-15-5-3-2-4-14(15)19(23)21-18(22)17-11-10-16(26-17)12-6-8-13(9-7-12)27(20,24)25/h2-11,18H,1H3,(H,21,23)(H2,20,24,25). The number of fused-ring (bicyclic) bond motifs is 1. The summed E-state index contributed by atoms with van der Waals surface area (Å²) in [7, 11) is -1.86. The lowest BCUT2D eigenvalue weighted by atomic mass is 10.1. The second kappa shape index (κ2) is 6.26. The summed E-state index contributed by atoms with van der Waals surface area (Å²) >= 11 is 0. The van der Waals surface area contributed by atoms with Crippen LogP contribution < -0.4 is 15.4 Å². The Bertz CT molecular complexity index is 1120. The van der Waals surface area contributed by atoms with Gasteiger partial charge in [0.05, 0.1) is 16.1 Å². The molecule has 0 aliphatic carbocycles.